The molecule has 1 amide bonds. The van der Waals surface area contributed by atoms with Crippen LogP contribution < -0.4 is 11.1 Å². The van der Waals surface area contributed by atoms with Crippen molar-refractivity contribution in [3.8, 4) is 0 Å². The quantitative estimate of drug-likeness (QED) is 0.649. The van der Waals surface area contributed by atoms with Gasteiger partial charge in [-0.2, -0.15) is 0 Å². The highest BCUT2D eigenvalue weighted by Gasteiger charge is 2.32. The highest BCUT2D eigenvalue weighted by Crippen LogP contribution is 2.21. The zero-order chi connectivity index (χ0) is 12.7. The number of unbranched alkanes of at least 4 members (excludes halogenated alkanes) is 2. The van der Waals surface area contributed by atoms with Crippen LogP contribution in [0.1, 0.15) is 39.5 Å². The van der Waals surface area contributed by atoms with Crippen molar-refractivity contribution in [1.29, 1.82) is 0 Å². The molecule has 0 aromatic heterocycles. The molecule has 1 heterocycles. The van der Waals surface area contributed by atoms with E-state index in [4.69, 9.17) is 15.2 Å². The van der Waals surface area contributed by atoms with E-state index in [-0.39, 0.29) is 12.0 Å². The lowest BCUT2D eigenvalue weighted by atomic mass is 10.2. The maximum Gasteiger partial charge on any atom is 0.220 e. The molecule has 17 heavy (non-hydrogen) atoms. The molecule has 1 atom stereocenters. The maximum atomic E-state index is 11.5. The minimum atomic E-state index is -0.517. The van der Waals surface area contributed by atoms with Gasteiger partial charge in [-0.25, -0.2) is 0 Å². The van der Waals surface area contributed by atoms with E-state index in [1.165, 1.54) is 0 Å². The van der Waals surface area contributed by atoms with Gasteiger partial charge in [0.2, 0.25) is 5.91 Å². The number of rotatable bonds is 7. The Bertz CT molecular complexity index is 244. The zero-order valence-electron chi connectivity index (χ0n) is 10.8. The van der Waals surface area contributed by atoms with Gasteiger partial charge in [-0.05, 0) is 33.2 Å². The summed E-state index contributed by atoms with van der Waals surface area (Å²) in [4.78, 5) is 11.5. The van der Waals surface area contributed by atoms with Gasteiger partial charge < -0.3 is 20.5 Å². The number of ether oxygens (including phenoxy) is 2. The van der Waals surface area contributed by atoms with Crippen LogP contribution in [0.15, 0.2) is 0 Å². The molecule has 0 saturated carbocycles. The average Bonchev–Trinajstić information content (AvgIpc) is 2.62. The fraction of sp³-hybridized carbons (Fsp3) is 0.917. The maximum absolute atomic E-state index is 11.5. The van der Waals surface area contributed by atoms with Crippen LogP contribution in [-0.4, -0.2) is 37.5 Å². The van der Waals surface area contributed by atoms with Crippen molar-refractivity contribution >= 4 is 5.91 Å². The number of hydrogen-bond acceptors (Lipinski definition) is 4. The zero-order valence-corrected chi connectivity index (χ0v) is 10.8. The molecule has 0 aromatic rings. The van der Waals surface area contributed by atoms with Gasteiger partial charge in [0, 0.05) is 13.0 Å². The average molecular weight is 244 g/mol. The Balaban J connectivity index is 2.04. The highest BCUT2D eigenvalue weighted by molar-refractivity contribution is 5.75. The molecule has 1 unspecified atom stereocenters. The Kier molecular flexibility index (Phi) is 5.88. The molecule has 0 aliphatic carbocycles. The minimum Gasteiger partial charge on any atom is -0.353 e. The van der Waals surface area contributed by atoms with Gasteiger partial charge in [-0.15, -0.1) is 0 Å². The Labute approximate surface area is 103 Å². The van der Waals surface area contributed by atoms with Crippen LogP contribution in [0.25, 0.3) is 0 Å². The highest BCUT2D eigenvalue weighted by atomic mass is 16.7. The van der Waals surface area contributed by atoms with E-state index >= 15 is 0 Å². The third-order valence-corrected chi connectivity index (χ3v) is 2.70. The van der Waals surface area contributed by atoms with E-state index in [9.17, 15) is 4.79 Å². The number of nitrogens with two attached hydrogens (primary N) is 1. The summed E-state index contributed by atoms with van der Waals surface area (Å²) in [6, 6.07) is 0. The summed E-state index contributed by atoms with van der Waals surface area (Å²) in [6.07, 6.45) is 3.44. The van der Waals surface area contributed by atoms with E-state index in [2.05, 4.69) is 5.32 Å². The Morgan fingerprint density at radius 2 is 2.18 bits per heavy atom. The number of carbonyl (C=O) groups excluding carboxylic acids is 1. The van der Waals surface area contributed by atoms with Crippen LogP contribution in [-0.2, 0) is 14.3 Å². The summed E-state index contributed by atoms with van der Waals surface area (Å²) in [6.45, 7) is 5.52. The Hall–Kier alpha value is -0.650. The molecule has 1 fully saturated rings. The minimum absolute atomic E-state index is 0.0296. The summed E-state index contributed by atoms with van der Waals surface area (Å²) in [7, 11) is 0. The van der Waals surface area contributed by atoms with Crippen LogP contribution in [0, 0.1) is 0 Å². The monoisotopic (exact) mass is 244 g/mol. The van der Waals surface area contributed by atoms with Crippen molar-refractivity contribution in [3.05, 3.63) is 0 Å². The molecule has 0 aromatic carbocycles. The van der Waals surface area contributed by atoms with Gasteiger partial charge in [-0.1, -0.05) is 6.42 Å². The molecule has 1 saturated heterocycles. The second-order valence-corrected chi connectivity index (χ2v) is 4.85. The van der Waals surface area contributed by atoms with Crippen LogP contribution >= 0.6 is 0 Å². The van der Waals surface area contributed by atoms with Crippen molar-refractivity contribution in [3.63, 3.8) is 0 Å². The van der Waals surface area contributed by atoms with Gasteiger partial charge in [0.05, 0.1) is 6.61 Å². The lowest BCUT2D eigenvalue weighted by molar-refractivity contribution is -0.139. The molecule has 0 spiro atoms. The summed E-state index contributed by atoms with van der Waals surface area (Å²) in [5, 5.41) is 2.86. The molecule has 5 heteroatoms. The first-order valence-corrected chi connectivity index (χ1v) is 6.32. The predicted octanol–water partition coefficient (Wildman–Crippen LogP) is 0.773. The molecule has 1 aliphatic heterocycles. The number of nitrogens with one attached hydrogen (secondary N) is 1. The van der Waals surface area contributed by atoms with E-state index in [1.807, 2.05) is 13.8 Å². The SMILES string of the molecule is CC1(C)OCC(CNC(=O)CCCCCN)O1. The number of amides is 1. The molecule has 5 nitrogen and oxygen atoms in total. The third kappa shape index (κ3) is 6.00. The van der Waals surface area contributed by atoms with Crippen molar-refractivity contribution in [2.45, 2.75) is 51.4 Å². The fourth-order valence-electron chi connectivity index (χ4n) is 1.79. The molecular weight excluding hydrogens is 220 g/mol. The van der Waals surface area contributed by atoms with Crippen molar-refractivity contribution in [1.82, 2.24) is 5.32 Å². The van der Waals surface area contributed by atoms with Crippen LogP contribution in [0.2, 0.25) is 0 Å². The fourth-order valence-corrected chi connectivity index (χ4v) is 1.79. The molecular formula is C12H24N2O3. The molecule has 0 radical (unpaired) electrons. The van der Waals surface area contributed by atoms with E-state index in [0.717, 1.165) is 19.3 Å². The number of carbonyl (C=O) groups is 1. The lowest BCUT2D eigenvalue weighted by Crippen LogP contribution is -2.34. The van der Waals surface area contributed by atoms with Gasteiger partial charge in [0.15, 0.2) is 5.79 Å². The first-order chi connectivity index (χ1) is 8.03. The Morgan fingerprint density at radius 1 is 1.41 bits per heavy atom. The van der Waals surface area contributed by atoms with Gasteiger partial charge in [0.1, 0.15) is 6.10 Å². The summed E-state index contributed by atoms with van der Waals surface area (Å²) in [5.74, 6) is -0.438. The summed E-state index contributed by atoms with van der Waals surface area (Å²) < 4.78 is 11.0. The largest absolute Gasteiger partial charge is 0.353 e. The van der Waals surface area contributed by atoms with E-state index in [0.29, 0.717) is 26.1 Å². The standard InChI is InChI=1S/C12H24N2O3/c1-12(2)16-9-10(17-12)8-14-11(15)6-4-3-5-7-13/h10H,3-9,13H2,1-2H3,(H,14,15). The van der Waals surface area contributed by atoms with Crippen LogP contribution in [0.4, 0.5) is 0 Å². The van der Waals surface area contributed by atoms with Crippen molar-refractivity contribution in [2.24, 2.45) is 5.73 Å². The van der Waals surface area contributed by atoms with Gasteiger partial charge in [0.25, 0.3) is 0 Å². The summed E-state index contributed by atoms with van der Waals surface area (Å²) >= 11 is 0. The van der Waals surface area contributed by atoms with Crippen molar-refractivity contribution in [2.75, 3.05) is 19.7 Å². The van der Waals surface area contributed by atoms with Crippen LogP contribution in [0.5, 0.6) is 0 Å². The first-order valence-electron chi connectivity index (χ1n) is 6.32. The smallest absolute Gasteiger partial charge is 0.220 e. The normalized spacial score (nSPS) is 22.6. The lowest BCUT2D eigenvalue weighted by Gasteiger charge is -2.17. The second kappa shape index (κ2) is 6.93. The van der Waals surface area contributed by atoms with Crippen LogP contribution in [0.3, 0.4) is 0 Å². The molecule has 1 aliphatic rings. The van der Waals surface area contributed by atoms with E-state index < -0.39 is 5.79 Å². The molecule has 100 valence electrons. The summed E-state index contributed by atoms with van der Waals surface area (Å²) in [5.41, 5.74) is 5.38. The van der Waals surface area contributed by atoms with Gasteiger partial charge >= 0.3 is 0 Å². The topological polar surface area (TPSA) is 73.6 Å². The van der Waals surface area contributed by atoms with Crippen molar-refractivity contribution < 1.29 is 14.3 Å². The molecule has 0 bridgehead atoms. The molecule has 1 rings (SSSR count). The number of hydrogen-bond donors (Lipinski definition) is 2. The first kappa shape index (κ1) is 14.4. The van der Waals surface area contributed by atoms with Gasteiger partial charge in [-0.3, -0.25) is 4.79 Å². The third-order valence-electron chi connectivity index (χ3n) is 2.70. The predicted molar refractivity (Wildman–Crippen MR) is 65.4 cm³/mol. The Morgan fingerprint density at radius 3 is 2.76 bits per heavy atom. The molecule has 3 N–H and O–H groups in total. The van der Waals surface area contributed by atoms with E-state index in [1.54, 1.807) is 0 Å². The second-order valence-electron chi connectivity index (χ2n) is 4.85.